The number of carbonyl (C=O) groups is 3. The fourth-order valence-corrected chi connectivity index (χ4v) is 2.07. The Kier molecular flexibility index (Phi) is 7.69. The van der Waals surface area contributed by atoms with Crippen molar-refractivity contribution >= 4 is 17.7 Å². The number of hydrogen-bond acceptors (Lipinski definition) is 3. The van der Waals surface area contributed by atoms with Crippen molar-refractivity contribution in [3.8, 4) is 0 Å². The van der Waals surface area contributed by atoms with Crippen LogP contribution >= 0.6 is 0 Å². The molecule has 0 atom stereocenters. The number of likely N-dealkylation sites (tertiary alicyclic amines) is 1. The molecule has 0 aromatic heterocycles. The molecule has 3 amide bonds. The van der Waals surface area contributed by atoms with Gasteiger partial charge in [-0.05, 0) is 25.7 Å². The zero-order valence-corrected chi connectivity index (χ0v) is 12.2. The molecule has 6 nitrogen and oxygen atoms in total. The molecule has 6 heteroatoms. The Labute approximate surface area is 120 Å². The van der Waals surface area contributed by atoms with E-state index in [1.165, 1.54) is 0 Å². The summed E-state index contributed by atoms with van der Waals surface area (Å²) in [5, 5.41) is 5.42. The number of nitrogens with one attached hydrogen (secondary N) is 2. The van der Waals surface area contributed by atoms with Gasteiger partial charge in [0.2, 0.25) is 17.7 Å². The molecule has 3 fully saturated rings. The minimum Gasteiger partial charge on any atom is -0.356 e. The van der Waals surface area contributed by atoms with Gasteiger partial charge in [0.15, 0.2) is 0 Å². The Hall–Kier alpha value is -1.59. The van der Waals surface area contributed by atoms with Crippen molar-refractivity contribution in [2.75, 3.05) is 26.7 Å². The molecule has 2 N–H and O–H groups in total. The first kappa shape index (κ1) is 16.5. The van der Waals surface area contributed by atoms with Gasteiger partial charge in [-0.25, -0.2) is 0 Å². The lowest BCUT2D eigenvalue weighted by molar-refractivity contribution is -0.126. The van der Waals surface area contributed by atoms with Crippen LogP contribution in [-0.4, -0.2) is 49.3 Å². The van der Waals surface area contributed by atoms with Crippen LogP contribution in [0, 0.1) is 0 Å². The van der Waals surface area contributed by atoms with Crippen LogP contribution in [0.5, 0.6) is 0 Å². The summed E-state index contributed by atoms with van der Waals surface area (Å²) in [6, 6.07) is 0. The number of hydrogen-bond donors (Lipinski definition) is 2. The van der Waals surface area contributed by atoms with Crippen LogP contribution in [0.1, 0.15) is 44.9 Å². The molecular weight excluding hydrogens is 258 g/mol. The summed E-state index contributed by atoms with van der Waals surface area (Å²) in [7, 11) is 1.84. The lowest BCUT2D eigenvalue weighted by atomic mass is 10.2. The maximum Gasteiger partial charge on any atom is 0.222 e. The van der Waals surface area contributed by atoms with Crippen molar-refractivity contribution in [2.24, 2.45) is 0 Å². The van der Waals surface area contributed by atoms with Crippen LogP contribution in [0.3, 0.4) is 0 Å². The Bertz CT molecular complexity index is 329. The van der Waals surface area contributed by atoms with Crippen molar-refractivity contribution in [1.82, 2.24) is 15.5 Å². The van der Waals surface area contributed by atoms with E-state index in [9.17, 15) is 14.4 Å². The van der Waals surface area contributed by atoms with Gasteiger partial charge >= 0.3 is 0 Å². The fraction of sp³-hybridized carbons (Fsp3) is 0.786. The minimum atomic E-state index is 0.204. The number of carbonyl (C=O) groups excluding carboxylic acids is 3. The zero-order chi connectivity index (χ0) is 14.8. The van der Waals surface area contributed by atoms with E-state index in [0.29, 0.717) is 5.91 Å². The van der Waals surface area contributed by atoms with Gasteiger partial charge in [-0.1, -0.05) is 0 Å². The van der Waals surface area contributed by atoms with Crippen LogP contribution in [0.15, 0.2) is 0 Å². The number of nitrogens with zero attached hydrogens (tertiary/aromatic N) is 1. The number of rotatable bonds is 0. The molecule has 0 aromatic carbocycles. The standard InChI is InChI=1S/2C5H9NO.C4H7NO/c1-6-4-2-3-5(6)7;7-5-3-1-2-4-6-5;6-4-2-1-3-5-4/h2-4H2,1H3;1-4H2,(H,6,7);1-3H2,(H,5,6). The Morgan fingerprint density at radius 2 is 1.40 bits per heavy atom. The maximum absolute atomic E-state index is 10.5. The van der Waals surface area contributed by atoms with Gasteiger partial charge < -0.3 is 15.5 Å². The molecule has 3 saturated heterocycles. The normalized spacial score (nSPS) is 21.2. The van der Waals surface area contributed by atoms with E-state index in [1.807, 2.05) is 7.05 Å². The minimum absolute atomic E-state index is 0.204. The fourth-order valence-electron chi connectivity index (χ4n) is 2.07. The average molecular weight is 283 g/mol. The van der Waals surface area contributed by atoms with Crippen molar-refractivity contribution in [1.29, 1.82) is 0 Å². The molecule has 0 aliphatic carbocycles. The first-order valence-electron chi connectivity index (χ1n) is 7.37. The summed E-state index contributed by atoms with van der Waals surface area (Å²) in [5.74, 6) is 0.709. The van der Waals surface area contributed by atoms with Crippen LogP contribution in [0.4, 0.5) is 0 Å². The van der Waals surface area contributed by atoms with E-state index in [-0.39, 0.29) is 11.8 Å². The Morgan fingerprint density at radius 1 is 0.800 bits per heavy atom. The van der Waals surface area contributed by atoms with Gasteiger partial charge in [-0.3, -0.25) is 14.4 Å². The monoisotopic (exact) mass is 283 g/mol. The average Bonchev–Trinajstić information content (AvgIpc) is 3.05. The maximum atomic E-state index is 10.5. The van der Waals surface area contributed by atoms with Gasteiger partial charge in [-0.15, -0.1) is 0 Å². The lowest BCUT2D eigenvalue weighted by Gasteiger charge is -2.08. The van der Waals surface area contributed by atoms with Gasteiger partial charge in [0.1, 0.15) is 0 Å². The summed E-state index contributed by atoms with van der Waals surface area (Å²) in [6.07, 6.45) is 6.54. The molecule has 0 saturated carbocycles. The third kappa shape index (κ3) is 7.11. The first-order valence-corrected chi connectivity index (χ1v) is 7.37. The van der Waals surface area contributed by atoms with E-state index in [1.54, 1.807) is 4.90 Å². The number of amides is 3. The highest BCUT2D eigenvalue weighted by atomic mass is 16.2. The summed E-state index contributed by atoms with van der Waals surface area (Å²) >= 11 is 0. The molecule has 0 bridgehead atoms. The largest absolute Gasteiger partial charge is 0.356 e. The molecule has 3 aliphatic rings. The third-order valence-electron chi connectivity index (χ3n) is 3.37. The van der Waals surface area contributed by atoms with Gasteiger partial charge in [0, 0.05) is 45.9 Å². The van der Waals surface area contributed by atoms with Gasteiger partial charge in [-0.2, -0.15) is 0 Å². The topological polar surface area (TPSA) is 78.5 Å². The summed E-state index contributed by atoms with van der Waals surface area (Å²) < 4.78 is 0. The molecule has 0 radical (unpaired) electrons. The van der Waals surface area contributed by atoms with Crippen LogP contribution < -0.4 is 10.6 Å². The second kappa shape index (κ2) is 9.34. The molecule has 0 aromatic rings. The SMILES string of the molecule is CN1CCCC1=O.O=C1CCCCN1.O=C1CCCN1. The van der Waals surface area contributed by atoms with E-state index in [0.717, 1.165) is 64.6 Å². The molecule has 20 heavy (non-hydrogen) atoms. The highest BCUT2D eigenvalue weighted by molar-refractivity contribution is 5.78. The zero-order valence-electron chi connectivity index (χ0n) is 12.2. The van der Waals surface area contributed by atoms with Crippen molar-refractivity contribution in [2.45, 2.75) is 44.9 Å². The van der Waals surface area contributed by atoms with Crippen LogP contribution in [0.2, 0.25) is 0 Å². The van der Waals surface area contributed by atoms with E-state index in [2.05, 4.69) is 10.6 Å². The molecule has 0 spiro atoms. The van der Waals surface area contributed by atoms with Crippen molar-refractivity contribution < 1.29 is 14.4 Å². The van der Waals surface area contributed by atoms with Crippen LogP contribution in [-0.2, 0) is 14.4 Å². The summed E-state index contributed by atoms with van der Waals surface area (Å²) in [6.45, 7) is 2.73. The second-order valence-corrected chi connectivity index (χ2v) is 5.18. The van der Waals surface area contributed by atoms with Crippen molar-refractivity contribution in [3.63, 3.8) is 0 Å². The third-order valence-corrected chi connectivity index (χ3v) is 3.37. The molecular formula is C14H25N3O3. The molecule has 3 rings (SSSR count). The predicted molar refractivity (Wildman–Crippen MR) is 76.0 cm³/mol. The Morgan fingerprint density at radius 3 is 1.60 bits per heavy atom. The van der Waals surface area contributed by atoms with Crippen molar-refractivity contribution in [3.05, 3.63) is 0 Å². The van der Waals surface area contributed by atoms with Gasteiger partial charge in [0.25, 0.3) is 0 Å². The van der Waals surface area contributed by atoms with E-state index < -0.39 is 0 Å². The number of piperidine rings is 1. The van der Waals surface area contributed by atoms with Crippen LogP contribution in [0.25, 0.3) is 0 Å². The summed E-state index contributed by atoms with van der Waals surface area (Å²) in [5.41, 5.74) is 0. The quantitative estimate of drug-likeness (QED) is 0.676. The summed E-state index contributed by atoms with van der Waals surface area (Å²) in [4.78, 5) is 32.7. The lowest BCUT2D eigenvalue weighted by Crippen LogP contribution is -2.28. The highest BCUT2D eigenvalue weighted by Crippen LogP contribution is 2.04. The molecule has 3 aliphatic heterocycles. The predicted octanol–water partition coefficient (Wildman–Crippen LogP) is 0.422. The smallest absolute Gasteiger partial charge is 0.222 e. The molecule has 114 valence electrons. The Balaban J connectivity index is 0.000000151. The van der Waals surface area contributed by atoms with Gasteiger partial charge in [0.05, 0.1) is 0 Å². The van der Waals surface area contributed by atoms with E-state index >= 15 is 0 Å². The highest BCUT2D eigenvalue weighted by Gasteiger charge is 2.14. The van der Waals surface area contributed by atoms with E-state index in [4.69, 9.17) is 0 Å². The molecule has 0 unspecified atom stereocenters. The first-order chi connectivity index (χ1) is 9.59. The molecule has 3 heterocycles. The second-order valence-electron chi connectivity index (χ2n) is 5.18.